The lowest BCUT2D eigenvalue weighted by Gasteiger charge is -2.35. The van der Waals surface area contributed by atoms with Gasteiger partial charge in [0, 0.05) is 30.8 Å². The second kappa shape index (κ2) is 6.62. The number of rotatable bonds is 4. The highest BCUT2D eigenvalue weighted by Gasteiger charge is 2.40. The zero-order valence-electron chi connectivity index (χ0n) is 11.6. The maximum absolute atomic E-state index is 13.1. The van der Waals surface area contributed by atoms with E-state index in [4.69, 9.17) is 5.11 Å². The Labute approximate surface area is 129 Å². The molecule has 1 saturated heterocycles. The number of carbonyl (C=O) groups is 2. The lowest BCUT2D eigenvalue weighted by Crippen LogP contribution is -2.51. The van der Waals surface area contributed by atoms with Crippen LogP contribution < -0.4 is 0 Å². The summed E-state index contributed by atoms with van der Waals surface area (Å²) in [6.45, 7) is 0.306. The zero-order valence-corrected chi connectivity index (χ0v) is 12.4. The molecular weight excluding hydrogens is 316 g/mol. The number of piperidine rings is 1. The van der Waals surface area contributed by atoms with Crippen molar-refractivity contribution in [2.45, 2.75) is 23.3 Å². The van der Waals surface area contributed by atoms with Crippen LogP contribution in [0.1, 0.15) is 12.8 Å². The Bertz CT molecular complexity index is 588. The molecule has 0 aliphatic carbocycles. The molecule has 1 aromatic rings. The predicted molar refractivity (Wildman–Crippen MR) is 75.5 cm³/mol. The van der Waals surface area contributed by atoms with Gasteiger partial charge in [0.05, 0.1) is 5.75 Å². The summed E-state index contributed by atoms with van der Waals surface area (Å²) < 4.78 is 25.8. The first-order valence-corrected chi connectivity index (χ1v) is 7.62. The molecule has 1 amide bonds. The summed E-state index contributed by atoms with van der Waals surface area (Å²) in [5, 5.41) is 18.7. The second-order valence-electron chi connectivity index (χ2n) is 5.08. The number of halogens is 2. The molecule has 0 bridgehead atoms. The molecule has 2 rings (SSSR count). The minimum absolute atomic E-state index is 0.0239. The number of aliphatic carboxylic acids is 1. The molecule has 1 aliphatic rings. The third kappa shape index (κ3) is 3.75. The Balaban J connectivity index is 1.86. The Hall–Kier alpha value is -1.67. The third-order valence-electron chi connectivity index (χ3n) is 3.59. The number of benzene rings is 1. The van der Waals surface area contributed by atoms with E-state index in [9.17, 15) is 23.5 Å². The van der Waals surface area contributed by atoms with Crippen molar-refractivity contribution in [2.75, 3.05) is 18.8 Å². The number of hydrogen-bond donors (Lipinski definition) is 2. The van der Waals surface area contributed by atoms with Crippen LogP contribution in [0.15, 0.2) is 23.1 Å². The standard InChI is InChI=1S/C14H15F2NO4S/c15-10-2-1-9(7-11(10)16)22-8-12(18)17-5-3-14(21,4-6-17)13(19)20/h1-2,7,21H,3-6,8H2,(H,19,20). The first-order valence-electron chi connectivity index (χ1n) is 6.63. The number of thioether (sulfide) groups is 1. The third-order valence-corrected chi connectivity index (χ3v) is 4.57. The minimum Gasteiger partial charge on any atom is -0.479 e. The van der Waals surface area contributed by atoms with Gasteiger partial charge in [-0.2, -0.15) is 0 Å². The average Bonchev–Trinajstić information content (AvgIpc) is 2.49. The van der Waals surface area contributed by atoms with Crippen molar-refractivity contribution >= 4 is 23.6 Å². The van der Waals surface area contributed by atoms with E-state index >= 15 is 0 Å². The van der Waals surface area contributed by atoms with Gasteiger partial charge < -0.3 is 15.1 Å². The van der Waals surface area contributed by atoms with Crippen LogP contribution in [0.3, 0.4) is 0 Å². The summed E-state index contributed by atoms with van der Waals surface area (Å²) in [5.41, 5.74) is -1.77. The van der Waals surface area contributed by atoms with E-state index in [1.165, 1.54) is 11.0 Å². The highest BCUT2D eigenvalue weighted by atomic mass is 32.2. The van der Waals surface area contributed by atoms with Crippen molar-refractivity contribution in [1.29, 1.82) is 0 Å². The fourth-order valence-electron chi connectivity index (χ4n) is 2.14. The molecule has 5 nitrogen and oxygen atoms in total. The summed E-state index contributed by atoms with van der Waals surface area (Å²) >= 11 is 1.07. The topological polar surface area (TPSA) is 77.8 Å². The van der Waals surface area contributed by atoms with Crippen molar-refractivity contribution in [1.82, 2.24) is 4.90 Å². The molecule has 22 heavy (non-hydrogen) atoms. The fraction of sp³-hybridized carbons (Fsp3) is 0.429. The van der Waals surface area contributed by atoms with E-state index < -0.39 is 23.2 Å². The van der Waals surface area contributed by atoms with Gasteiger partial charge in [-0.15, -0.1) is 11.8 Å². The number of likely N-dealkylation sites (tertiary alicyclic amines) is 1. The summed E-state index contributed by atoms with van der Waals surface area (Å²) in [4.78, 5) is 24.8. The minimum atomic E-state index is -1.77. The summed E-state index contributed by atoms with van der Waals surface area (Å²) in [6.07, 6.45) is -0.0478. The summed E-state index contributed by atoms with van der Waals surface area (Å²) in [6, 6.07) is 3.40. The number of carboxylic acid groups (broad SMARTS) is 1. The number of nitrogens with zero attached hydrogens (tertiary/aromatic N) is 1. The number of hydrogen-bond acceptors (Lipinski definition) is 4. The molecule has 1 fully saturated rings. The molecule has 1 heterocycles. The molecule has 0 unspecified atom stereocenters. The molecule has 0 atom stereocenters. The Kier molecular flexibility index (Phi) is 5.02. The van der Waals surface area contributed by atoms with E-state index in [0.29, 0.717) is 4.90 Å². The van der Waals surface area contributed by atoms with E-state index in [0.717, 1.165) is 23.9 Å². The van der Waals surface area contributed by atoms with Crippen LogP contribution in [0.25, 0.3) is 0 Å². The van der Waals surface area contributed by atoms with Crippen LogP contribution in [-0.4, -0.2) is 51.4 Å². The van der Waals surface area contributed by atoms with Crippen molar-refractivity contribution in [3.05, 3.63) is 29.8 Å². The van der Waals surface area contributed by atoms with Gasteiger partial charge >= 0.3 is 5.97 Å². The molecule has 8 heteroatoms. The predicted octanol–water partition coefficient (Wildman–Crippen LogP) is 1.49. The molecule has 1 aromatic carbocycles. The monoisotopic (exact) mass is 331 g/mol. The smallest absolute Gasteiger partial charge is 0.335 e. The van der Waals surface area contributed by atoms with Crippen molar-refractivity contribution in [3.63, 3.8) is 0 Å². The van der Waals surface area contributed by atoms with Crippen LogP contribution in [0.4, 0.5) is 8.78 Å². The number of aliphatic hydroxyl groups is 1. The SMILES string of the molecule is O=C(CSc1ccc(F)c(F)c1)N1CCC(O)(C(=O)O)CC1. The number of carboxylic acids is 1. The van der Waals surface area contributed by atoms with Crippen molar-refractivity contribution in [3.8, 4) is 0 Å². The van der Waals surface area contributed by atoms with Gasteiger partial charge in [0.2, 0.25) is 5.91 Å². The number of carbonyl (C=O) groups excluding carboxylic acids is 1. The Morgan fingerprint density at radius 1 is 1.23 bits per heavy atom. The molecule has 0 aromatic heterocycles. The average molecular weight is 331 g/mol. The van der Waals surface area contributed by atoms with Crippen LogP contribution in [0.2, 0.25) is 0 Å². The molecule has 0 radical (unpaired) electrons. The number of amides is 1. The molecular formula is C14H15F2NO4S. The van der Waals surface area contributed by atoms with Crippen molar-refractivity contribution in [2.24, 2.45) is 0 Å². The van der Waals surface area contributed by atoms with Gasteiger partial charge in [0.25, 0.3) is 0 Å². The zero-order chi connectivity index (χ0) is 16.3. The lowest BCUT2D eigenvalue weighted by molar-refractivity contribution is -0.165. The van der Waals surface area contributed by atoms with Gasteiger partial charge in [-0.1, -0.05) is 0 Å². The normalized spacial score (nSPS) is 17.3. The van der Waals surface area contributed by atoms with Crippen LogP contribution >= 0.6 is 11.8 Å². The molecule has 120 valence electrons. The molecule has 0 spiro atoms. The maximum Gasteiger partial charge on any atom is 0.335 e. The fourth-order valence-corrected chi connectivity index (χ4v) is 2.97. The lowest BCUT2D eigenvalue weighted by atomic mass is 9.92. The summed E-state index contributed by atoms with van der Waals surface area (Å²) in [5.74, 6) is -3.39. The van der Waals surface area contributed by atoms with Crippen LogP contribution in [-0.2, 0) is 9.59 Å². The van der Waals surface area contributed by atoms with E-state index in [1.807, 2.05) is 0 Å². The largest absolute Gasteiger partial charge is 0.479 e. The van der Waals surface area contributed by atoms with Gasteiger partial charge in [-0.3, -0.25) is 4.79 Å². The molecule has 2 N–H and O–H groups in total. The Morgan fingerprint density at radius 2 is 1.86 bits per heavy atom. The van der Waals surface area contributed by atoms with Crippen LogP contribution in [0, 0.1) is 11.6 Å². The Morgan fingerprint density at radius 3 is 2.41 bits per heavy atom. The van der Waals surface area contributed by atoms with Gasteiger partial charge in [0.1, 0.15) is 0 Å². The highest BCUT2D eigenvalue weighted by Crippen LogP contribution is 2.25. The second-order valence-corrected chi connectivity index (χ2v) is 6.13. The van der Waals surface area contributed by atoms with Gasteiger partial charge in [-0.25, -0.2) is 13.6 Å². The van der Waals surface area contributed by atoms with Crippen molar-refractivity contribution < 1.29 is 28.6 Å². The first kappa shape index (κ1) is 16.7. The molecule has 0 saturated carbocycles. The van der Waals surface area contributed by atoms with Crippen LogP contribution in [0.5, 0.6) is 0 Å². The highest BCUT2D eigenvalue weighted by molar-refractivity contribution is 8.00. The first-order chi connectivity index (χ1) is 10.3. The summed E-state index contributed by atoms with van der Waals surface area (Å²) in [7, 11) is 0. The van der Waals surface area contributed by atoms with E-state index in [-0.39, 0.29) is 37.6 Å². The van der Waals surface area contributed by atoms with E-state index in [2.05, 4.69) is 0 Å². The van der Waals surface area contributed by atoms with Gasteiger partial charge in [-0.05, 0) is 18.2 Å². The maximum atomic E-state index is 13.1. The molecule has 1 aliphatic heterocycles. The van der Waals surface area contributed by atoms with Gasteiger partial charge in [0.15, 0.2) is 17.2 Å². The quantitative estimate of drug-likeness (QED) is 0.818. The van der Waals surface area contributed by atoms with E-state index in [1.54, 1.807) is 0 Å².